The molecule has 9 heteroatoms. The number of nitrogens with one attached hydrogen (secondary N) is 1. The Morgan fingerprint density at radius 1 is 0.909 bits per heavy atom. The minimum Gasteiger partial charge on any atom is -0.497 e. The number of hydrogen-bond donors (Lipinski definition) is 1. The molecule has 3 aromatic carbocycles. The number of carbonyl (C=O) groups is 2. The number of hydrogen-bond acceptors (Lipinski definition) is 5. The fourth-order valence-corrected chi connectivity index (χ4v) is 6.73. The van der Waals surface area contributed by atoms with Gasteiger partial charge in [-0.05, 0) is 53.6 Å². The van der Waals surface area contributed by atoms with Crippen molar-refractivity contribution in [3.8, 4) is 5.75 Å². The van der Waals surface area contributed by atoms with E-state index in [0.717, 1.165) is 55.1 Å². The van der Waals surface area contributed by atoms with E-state index < -0.39 is 28.5 Å². The second-order valence-electron chi connectivity index (χ2n) is 11.9. The normalized spacial score (nSPS) is 14.6. The molecule has 1 aliphatic rings. The van der Waals surface area contributed by atoms with Gasteiger partial charge < -0.3 is 15.0 Å². The molecule has 0 bridgehead atoms. The molecule has 1 aliphatic carbocycles. The zero-order valence-electron chi connectivity index (χ0n) is 26.2. The summed E-state index contributed by atoms with van der Waals surface area (Å²) < 4.78 is 33.0. The number of methoxy groups -OCH3 is 1. The van der Waals surface area contributed by atoms with E-state index in [2.05, 4.69) is 5.32 Å². The van der Waals surface area contributed by atoms with E-state index >= 15 is 0 Å². The maximum Gasteiger partial charge on any atom is 0.244 e. The summed E-state index contributed by atoms with van der Waals surface area (Å²) in [6.07, 6.45) is 6.47. The van der Waals surface area contributed by atoms with E-state index in [1.807, 2.05) is 80.6 Å². The average molecular weight is 620 g/mol. The zero-order valence-corrected chi connectivity index (χ0v) is 27.1. The van der Waals surface area contributed by atoms with Crippen molar-refractivity contribution in [2.24, 2.45) is 0 Å². The minimum atomic E-state index is -3.85. The van der Waals surface area contributed by atoms with Crippen LogP contribution < -0.4 is 14.4 Å². The lowest BCUT2D eigenvalue weighted by atomic mass is 9.94. The van der Waals surface area contributed by atoms with E-state index in [1.165, 1.54) is 9.21 Å². The van der Waals surface area contributed by atoms with Crippen molar-refractivity contribution in [2.45, 2.75) is 76.9 Å². The van der Waals surface area contributed by atoms with Gasteiger partial charge in [0, 0.05) is 19.0 Å². The summed E-state index contributed by atoms with van der Waals surface area (Å²) >= 11 is 0. The highest BCUT2D eigenvalue weighted by atomic mass is 32.2. The monoisotopic (exact) mass is 619 g/mol. The van der Waals surface area contributed by atoms with Gasteiger partial charge in [0.25, 0.3) is 0 Å². The molecular formula is C35H45N3O5S. The lowest BCUT2D eigenvalue weighted by Gasteiger charge is -2.35. The third kappa shape index (κ3) is 8.85. The standard InChI is InChI=1S/C35H45N3O5S/c1-26(2)31-20-11-12-21-32(31)38(44(4,41)42)25-34(39)37(24-28-16-13-19-30(22-28)43-3)33(23-27-14-7-5-8-15-27)35(40)36-29-17-9-6-10-18-29/h5,7-8,11-16,19-22,26,29,33H,6,9-10,17-18,23-25H2,1-4H3,(H,36,40). The molecule has 0 aromatic heterocycles. The molecule has 0 radical (unpaired) electrons. The average Bonchev–Trinajstić information content (AvgIpc) is 3.02. The molecule has 4 rings (SSSR count). The summed E-state index contributed by atoms with van der Waals surface area (Å²) in [4.78, 5) is 30.1. The van der Waals surface area contributed by atoms with Crippen LogP contribution in [0, 0.1) is 0 Å². The van der Waals surface area contributed by atoms with Crippen LogP contribution in [-0.2, 0) is 32.6 Å². The lowest BCUT2D eigenvalue weighted by Crippen LogP contribution is -2.55. The zero-order chi connectivity index (χ0) is 31.7. The number of para-hydroxylation sites is 1. The highest BCUT2D eigenvalue weighted by molar-refractivity contribution is 7.92. The third-order valence-electron chi connectivity index (χ3n) is 8.22. The predicted octanol–water partition coefficient (Wildman–Crippen LogP) is 5.67. The van der Waals surface area contributed by atoms with Gasteiger partial charge in [-0.3, -0.25) is 13.9 Å². The molecule has 2 amide bonds. The lowest BCUT2D eigenvalue weighted by molar-refractivity contribution is -0.140. The van der Waals surface area contributed by atoms with Crippen LogP contribution in [0.4, 0.5) is 5.69 Å². The van der Waals surface area contributed by atoms with Crippen LogP contribution in [0.1, 0.15) is 68.6 Å². The second kappa shape index (κ2) is 15.2. The molecule has 1 saturated carbocycles. The number of amides is 2. The van der Waals surface area contributed by atoms with Crippen LogP contribution in [0.15, 0.2) is 78.9 Å². The second-order valence-corrected chi connectivity index (χ2v) is 13.8. The van der Waals surface area contributed by atoms with Gasteiger partial charge in [0.15, 0.2) is 0 Å². The first-order valence-corrected chi connectivity index (χ1v) is 17.2. The van der Waals surface area contributed by atoms with Gasteiger partial charge in [0.2, 0.25) is 21.8 Å². The molecule has 1 atom stereocenters. The number of anilines is 1. The van der Waals surface area contributed by atoms with Gasteiger partial charge in [-0.1, -0.05) is 93.8 Å². The molecule has 0 heterocycles. The van der Waals surface area contributed by atoms with Crippen LogP contribution in [0.2, 0.25) is 0 Å². The van der Waals surface area contributed by atoms with Crippen LogP contribution >= 0.6 is 0 Å². The summed E-state index contributed by atoms with van der Waals surface area (Å²) in [5.41, 5.74) is 2.96. The number of rotatable bonds is 13. The molecule has 0 spiro atoms. The number of ether oxygens (including phenoxy) is 1. The van der Waals surface area contributed by atoms with E-state index in [-0.39, 0.29) is 30.8 Å². The Kier molecular flexibility index (Phi) is 11.4. The van der Waals surface area contributed by atoms with Crippen LogP contribution in [0.25, 0.3) is 0 Å². The molecule has 0 saturated heterocycles. The van der Waals surface area contributed by atoms with Crippen LogP contribution in [0.3, 0.4) is 0 Å². The van der Waals surface area contributed by atoms with Crippen molar-refractivity contribution < 1.29 is 22.7 Å². The van der Waals surface area contributed by atoms with Gasteiger partial charge in [-0.25, -0.2) is 8.42 Å². The predicted molar refractivity (Wildman–Crippen MR) is 175 cm³/mol. The first-order chi connectivity index (χ1) is 21.1. The molecular weight excluding hydrogens is 574 g/mol. The fourth-order valence-electron chi connectivity index (χ4n) is 5.86. The Bertz CT molecular complexity index is 1500. The van der Waals surface area contributed by atoms with Gasteiger partial charge in [-0.2, -0.15) is 0 Å². The molecule has 1 unspecified atom stereocenters. The summed E-state index contributed by atoms with van der Waals surface area (Å²) in [7, 11) is -2.27. The summed E-state index contributed by atoms with van der Waals surface area (Å²) in [5, 5.41) is 3.23. The van der Waals surface area contributed by atoms with Crippen molar-refractivity contribution >= 4 is 27.5 Å². The SMILES string of the molecule is COc1cccc(CN(C(=O)CN(c2ccccc2C(C)C)S(C)(=O)=O)C(Cc2ccccc2)C(=O)NC2CCCCC2)c1. The number of sulfonamides is 1. The van der Waals surface area contributed by atoms with E-state index in [9.17, 15) is 18.0 Å². The maximum atomic E-state index is 14.5. The van der Waals surface area contributed by atoms with Crippen molar-refractivity contribution in [1.82, 2.24) is 10.2 Å². The van der Waals surface area contributed by atoms with Gasteiger partial charge in [0.1, 0.15) is 18.3 Å². The van der Waals surface area contributed by atoms with Gasteiger partial charge in [0.05, 0.1) is 19.1 Å². The minimum absolute atomic E-state index is 0.0329. The Labute approximate surface area is 262 Å². The van der Waals surface area contributed by atoms with Crippen molar-refractivity contribution in [1.29, 1.82) is 0 Å². The van der Waals surface area contributed by atoms with Crippen LogP contribution in [-0.4, -0.2) is 57.1 Å². The largest absolute Gasteiger partial charge is 0.497 e. The quantitative estimate of drug-likeness (QED) is 0.266. The Balaban J connectivity index is 1.76. The molecule has 1 fully saturated rings. The van der Waals surface area contributed by atoms with E-state index in [1.54, 1.807) is 19.2 Å². The van der Waals surface area contributed by atoms with E-state index in [0.29, 0.717) is 11.4 Å². The molecule has 3 aromatic rings. The number of carbonyl (C=O) groups excluding carboxylic acids is 2. The molecule has 8 nitrogen and oxygen atoms in total. The maximum absolute atomic E-state index is 14.5. The van der Waals surface area contributed by atoms with Gasteiger partial charge in [-0.15, -0.1) is 0 Å². The molecule has 0 aliphatic heterocycles. The summed E-state index contributed by atoms with van der Waals surface area (Å²) in [6.45, 7) is 3.65. The van der Waals surface area contributed by atoms with Crippen molar-refractivity contribution in [3.63, 3.8) is 0 Å². The van der Waals surface area contributed by atoms with E-state index in [4.69, 9.17) is 4.74 Å². The first-order valence-electron chi connectivity index (χ1n) is 15.4. The Morgan fingerprint density at radius 3 is 2.23 bits per heavy atom. The summed E-state index contributed by atoms with van der Waals surface area (Å²) in [6, 6.07) is 23.4. The van der Waals surface area contributed by atoms with Crippen molar-refractivity contribution in [2.75, 3.05) is 24.2 Å². The molecule has 44 heavy (non-hydrogen) atoms. The third-order valence-corrected chi connectivity index (χ3v) is 9.34. The van der Waals surface area contributed by atoms with Gasteiger partial charge >= 0.3 is 0 Å². The fraction of sp³-hybridized carbons (Fsp3) is 0.429. The topological polar surface area (TPSA) is 96.0 Å². The first kappa shape index (κ1) is 33.1. The highest BCUT2D eigenvalue weighted by Crippen LogP contribution is 2.30. The molecule has 1 N–H and O–H groups in total. The number of nitrogens with zero attached hydrogens (tertiary/aromatic N) is 2. The highest BCUT2D eigenvalue weighted by Gasteiger charge is 2.34. The number of benzene rings is 3. The smallest absolute Gasteiger partial charge is 0.244 e. The Morgan fingerprint density at radius 2 is 1.57 bits per heavy atom. The Hall–Kier alpha value is -3.85. The van der Waals surface area contributed by atoms with Crippen molar-refractivity contribution in [3.05, 3.63) is 95.6 Å². The summed E-state index contributed by atoms with van der Waals surface area (Å²) in [5.74, 6) is -0.0302. The molecule has 236 valence electrons. The van der Waals surface area contributed by atoms with Crippen LogP contribution in [0.5, 0.6) is 5.75 Å².